The van der Waals surface area contributed by atoms with E-state index < -0.39 is 23.0 Å². The summed E-state index contributed by atoms with van der Waals surface area (Å²) in [7, 11) is 0. The first-order valence-electron chi connectivity index (χ1n) is 4.46. The van der Waals surface area contributed by atoms with Crippen molar-refractivity contribution in [1.29, 1.82) is 0 Å². The van der Waals surface area contributed by atoms with Crippen LogP contribution in [0.15, 0.2) is 5.16 Å². The van der Waals surface area contributed by atoms with Gasteiger partial charge in [-0.2, -0.15) is 0 Å². The Balaban J connectivity index is 2.99. The van der Waals surface area contributed by atoms with Crippen LogP contribution in [0.25, 0.3) is 0 Å². The fraction of sp³-hybridized carbons (Fsp3) is 0.429. The molecular weight excluding hydrogens is 252 g/mol. The number of aliphatic carboxylic acids is 1. The van der Waals surface area contributed by atoms with Crippen LogP contribution >= 0.6 is 0 Å². The zero-order valence-electron chi connectivity index (χ0n) is 8.78. The molecule has 9 nitrogen and oxygen atoms in total. The average Bonchev–Trinajstić information content (AvgIpc) is 2.57. The Morgan fingerprint density at radius 2 is 2.12 bits per heavy atom. The maximum atomic E-state index is 10.9. The molecule has 0 aromatic carbocycles. The Bertz CT molecular complexity index is 471. The van der Waals surface area contributed by atoms with Gasteiger partial charge in [0.15, 0.2) is 5.82 Å². The zero-order chi connectivity index (χ0) is 13.0. The van der Waals surface area contributed by atoms with Crippen LogP contribution in [0.1, 0.15) is 19.2 Å². The number of amides is 1. The summed E-state index contributed by atoms with van der Waals surface area (Å²) in [6.45, 7) is 1.20. The molecule has 0 aliphatic heterocycles. The highest BCUT2D eigenvalue weighted by Gasteiger charge is 2.17. The van der Waals surface area contributed by atoms with Gasteiger partial charge >= 0.3 is 5.97 Å². The first-order chi connectivity index (χ1) is 7.91. The Morgan fingerprint density at radius 3 is 2.59 bits per heavy atom. The van der Waals surface area contributed by atoms with E-state index in [1.165, 1.54) is 6.92 Å². The summed E-state index contributed by atoms with van der Waals surface area (Å²) in [4.78, 5) is 21.3. The molecule has 94 valence electrons. The highest BCUT2D eigenvalue weighted by Crippen LogP contribution is 2.05. The SMILES string of the molecule is CC(=O)Nn1c(CCC(=O)O)nnc1S(=O)O. The lowest BCUT2D eigenvalue weighted by molar-refractivity contribution is -0.137. The Labute approximate surface area is 98.1 Å². The lowest BCUT2D eigenvalue weighted by Crippen LogP contribution is -2.25. The third-order valence-electron chi connectivity index (χ3n) is 1.69. The number of nitrogens with zero attached hydrogens (tertiary/aromatic N) is 3. The molecular formula is C7H10N4O5S. The van der Waals surface area contributed by atoms with Gasteiger partial charge in [-0.25, -0.2) is 8.89 Å². The minimum absolute atomic E-state index is 0.0141. The van der Waals surface area contributed by atoms with E-state index in [-0.39, 0.29) is 23.8 Å². The molecule has 0 saturated carbocycles. The molecule has 1 unspecified atom stereocenters. The maximum Gasteiger partial charge on any atom is 0.303 e. The summed E-state index contributed by atoms with van der Waals surface area (Å²) < 4.78 is 20.7. The minimum atomic E-state index is -2.42. The van der Waals surface area contributed by atoms with Crippen LogP contribution in [0.4, 0.5) is 0 Å². The summed E-state index contributed by atoms with van der Waals surface area (Å²) in [5, 5.41) is 15.1. The van der Waals surface area contributed by atoms with E-state index in [0.717, 1.165) is 4.68 Å². The van der Waals surface area contributed by atoms with Gasteiger partial charge in [0.05, 0.1) is 6.42 Å². The van der Waals surface area contributed by atoms with Gasteiger partial charge in [0, 0.05) is 13.3 Å². The topological polar surface area (TPSA) is 134 Å². The van der Waals surface area contributed by atoms with E-state index in [9.17, 15) is 13.8 Å². The van der Waals surface area contributed by atoms with Gasteiger partial charge in [-0.1, -0.05) is 0 Å². The maximum absolute atomic E-state index is 10.9. The van der Waals surface area contributed by atoms with Crippen LogP contribution in [-0.2, 0) is 27.1 Å². The molecule has 1 rings (SSSR count). The van der Waals surface area contributed by atoms with E-state index in [1.54, 1.807) is 0 Å². The number of aromatic nitrogens is 3. The Morgan fingerprint density at radius 1 is 1.47 bits per heavy atom. The molecule has 10 heteroatoms. The first-order valence-corrected chi connectivity index (χ1v) is 5.57. The molecule has 17 heavy (non-hydrogen) atoms. The predicted molar refractivity (Wildman–Crippen MR) is 55.1 cm³/mol. The highest BCUT2D eigenvalue weighted by atomic mass is 32.2. The lowest BCUT2D eigenvalue weighted by atomic mass is 10.3. The molecule has 1 atom stereocenters. The van der Waals surface area contributed by atoms with Gasteiger partial charge in [0.2, 0.25) is 17.0 Å². The number of carbonyl (C=O) groups excluding carboxylic acids is 1. The summed E-state index contributed by atoms with van der Waals surface area (Å²) in [5.41, 5.74) is 2.23. The van der Waals surface area contributed by atoms with Crippen LogP contribution < -0.4 is 5.43 Å². The molecule has 0 spiro atoms. The second kappa shape index (κ2) is 5.50. The molecule has 0 bridgehead atoms. The molecule has 0 fully saturated rings. The number of nitrogens with one attached hydrogen (secondary N) is 1. The molecule has 0 radical (unpaired) electrons. The van der Waals surface area contributed by atoms with Gasteiger partial charge in [0.1, 0.15) is 0 Å². The molecule has 1 aromatic rings. The number of hydrogen-bond donors (Lipinski definition) is 3. The number of aryl methyl sites for hydroxylation is 1. The number of carboxylic acids is 1. The molecule has 1 amide bonds. The van der Waals surface area contributed by atoms with Crippen molar-refractivity contribution in [2.45, 2.75) is 24.9 Å². The zero-order valence-corrected chi connectivity index (χ0v) is 9.60. The standard InChI is InChI=1S/C7H10N4O5S/c1-4(12)10-11-5(2-3-6(13)14)8-9-7(11)17(15)16/h2-3H2,1H3,(H,10,12)(H,13,14)(H,15,16). The molecule has 0 aliphatic rings. The van der Waals surface area contributed by atoms with Gasteiger partial charge in [-0.05, 0) is 0 Å². The van der Waals surface area contributed by atoms with Gasteiger partial charge in [-0.3, -0.25) is 19.6 Å². The van der Waals surface area contributed by atoms with Gasteiger partial charge < -0.3 is 5.11 Å². The predicted octanol–water partition coefficient (Wildman–Crippen LogP) is -1.03. The van der Waals surface area contributed by atoms with Crippen LogP contribution in [0, 0.1) is 0 Å². The molecule has 0 saturated heterocycles. The molecule has 1 heterocycles. The Hall–Kier alpha value is -1.81. The van der Waals surface area contributed by atoms with Crippen molar-refractivity contribution in [2.24, 2.45) is 0 Å². The van der Waals surface area contributed by atoms with Crippen molar-refractivity contribution < 1.29 is 23.5 Å². The van der Waals surface area contributed by atoms with Crippen LogP contribution in [0.3, 0.4) is 0 Å². The molecule has 1 aromatic heterocycles. The van der Waals surface area contributed by atoms with Gasteiger partial charge in [-0.15, -0.1) is 10.2 Å². The lowest BCUT2D eigenvalue weighted by Gasteiger charge is -2.07. The van der Waals surface area contributed by atoms with Gasteiger partial charge in [0.25, 0.3) is 5.16 Å². The van der Waals surface area contributed by atoms with E-state index >= 15 is 0 Å². The van der Waals surface area contributed by atoms with Crippen molar-refractivity contribution in [3.8, 4) is 0 Å². The fourth-order valence-electron chi connectivity index (χ4n) is 1.06. The second-order valence-corrected chi connectivity index (χ2v) is 3.91. The van der Waals surface area contributed by atoms with Crippen molar-refractivity contribution in [3.05, 3.63) is 5.82 Å². The van der Waals surface area contributed by atoms with E-state index in [1.807, 2.05) is 0 Å². The summed E-state index contributed by atoms with van der Waals surface area (Å²) in [6, 6.07) is 0. The first kappa shape index (κ1) is 13.3. The van der Waals surface area contributed by atoms with Crippen molar-refractivity contribution in [1.82, 2.24) is 14.9 Å². The van der Waals surface area contributed by atoms with Crippen LogP contribution in [0.5, 0.6) is 0 Å². The summed E-state index contributed by atoms with van der Waals surface area (Å²) in [5.74, 6) is -1.44. The normalized spacial score (nSPS) is 12.1. The fourth-order valence-corrected chi connectivity index (χ4v) is 1.48. The highest BCUT2D eigenvalue weighted by molar-refractivity contribution is 7.79. The summed E-state index contributed by atoms with van der Waals surface area (Å²) in [6.07, 6.45) is -0.240. The number of carbonyl (C=O) groups is 2. The second-order valence-electron chi connectivity index (χ2n) is 3.05. The largest absolute Gasteiger partial charge is 0.481 e. The monoisotopic (exact) mass is 262 g/mol. The minimum Gasteiger partial charge on any atom is -0.481 e. The quantitative estimate of drug-likeness (QED) is 0.577. The third kappa shape index (κ3) is 3.60. The Kier molecular flexibility index (Phi) is 4.29. The number of carboxylic acid groups (broad SMARTS) is 1. The van der Waals surface area contributed by atoms with Crippen LogP contribution in [-0.4, -0.2) is 40.6 Å². The smallest absolute Gasteiger partial charge is 0.303 e. The molecule has 3 N–H and O–H groups in total. The van der Waals surface area contributed by atoms with E-state index in [2.05, 4.69) is 15.6 Å². The summed E-state index contributed by atoms with van der Waals surface area (Å²) >= 11 is -2.42. The van der Waals surface area contributed by atoms with Crippen molar-refractivity contribution in [2.75, 3.05) is 5.43 Å². The number of rotatable bonds is 5. The third-order valence-corrected chi connectivity index (χ3v) is 2.26. The van der Waals surface area contributed by atoms with Crippen LogP contribution in [0.2, 0.25) is 0 Å². The van der Waals surface area contributed by atoms with Crippen molar-refractivity contribution in [3.63, 3.8) is 0 Å². The van der Waals surface area contributed by atoms with E-state index in [4.69, 9.17) is 9.66 Å². The number of hydrogen-bond acceptors (Lipinski definition) is 5. The molecule has 0 aliphatic carbocycles. The van der Waals surface area contributed by atoms with Crippen molar-refractivity contribution >= 4 is 23.0 Å². The van der Waals surface area contributed by atoms with E-state index in [0.29, 0.717) is 0 Å². The average molecular weight is 262 g/mol.